The first-order chi connectivity index (χ1) is 12.2. The smallest absolute Gasteiger partial charge is 0.282 e. The van der Waals surface area contributed by atoms with E-state index in [9.17, 15) is 4.79 Å². The van der Waals surface area contributed by atoms with Crippen LogP contribution in [-0.4, -0.2) is 48.1 Å². The first kappa shape index (κ1) is 17.4. The van der Waals surface area contributed by atoms with Crippen LogP contribution >= 0.6 is 0 Å². The summed E-state index contributed by atoms with van der Waals surface area (Å²) in [6.45, 7) is 7.66. The predicted molar refractivity (Wildman–Crippen MR) is 98.9 cm³/mol. The standard InChI is InChI=1S/C19H25N5O/c1-3-16-5-7-17(8-6-16)22-18(25)15(2)23-11-13-24(14-12-23)19-20-9-4-10-21-19/h4-10,15H,3,11-14H2,1-2H3,(H,22,25)/p+1/t15-/m0/s1. The summed E-state index contributed by atoms with van der Waals surface area (Å²) in [6.07, 6.45) is 4.53. The van der Waals surface area contributed by atoms with Crippen molar-refractivity contribution in [3.8, 4) is 0 Å². The van der Waals surface area contributed by atoms with Crippen molar-refractivity contribution < 1.29 is 9.69 Å². The molecule has 6 nitrogen and oxygen atoms in total. The molecule has 0 bridgehead atoms. The van der Waals surface area contributed by atoms with Gasteiger partial charge in [-0.1, -0.05) is 19.1 Å². The predicted octanol–water partition coefficient (Wildman–Crippen LogP) is 0.771. The summed E-state index contributed by atoms with van der Waals surface area (Å²) < 4.78 is 0. The molecule has 1 fully saturated rings. The third kappa shape index (κ3) is 4.33. The maximum Gasteiger partial charge on any atom is 0.282 e. The van der Waals surface area contributed by atoms with E-state index >= 15 is 0 Å². The Morgan fingerprint density at radius 1 is 1.20 bits per heavy atom. The molecule has 2 aromatic rings. The van der Waals surface area contributed by atoms with Crippen molar-refractivity contribution >= 4 is 17.5 Å². The van der Waals surface area contributed by atoms with Crippen LogP contribution < -0.4 is 15.1 Å². The summed E-state index contributed by atoms with van der Waals surface area (Å²) in [7, 11) is 0. The van der Waals surface area contributed by atoms with Gasteiger partial charge in [0, 0.05) is 18.1 Å². The van der Waals surface area contributed by atoms with Crippen molar-refractivity contribution in [1.82, 2.24) is 9.97 Å². The van der Waals surface area contributed by atoms with Crippen LogP contribution in [0.5, 0.6) is 0 Å². The Morgan fingerprint density at radius 3 is 2.44 bits per heavy atom. The summed E-state index contributed by atoms with van der Waals surface area (Å²) in [6, 6.07) is 9.82. The Balaban J connectivity index is 1.52. The van der Waals surface area contributed by atoms with Crippen LogP contribution in [0.2, 0.25) is 0 Å². The van der Waals surface area contributed by atoms with E-state index in [-0.39, 0.29) is 11.9 Å². The zero-order valence-corrected chi connectivity index (χ0v) is 14.9. The van der Waals surface area contributed by atoms with E-state index in [0.717, 1.165) is 44.2 Å². The van der Waals surface area contributed by atoms with Crippen LogP contribution in [0.4, 0.5) is 11.6 Å². The number of aryl methyl sites for hydroxylation is 1. The fourth-order valence-electron chi connectivity index (χ4n) is 3.14. The number of amides is 1. The third-order valence-electron chi connectivity index (χ3n) is 4.88. The van der Waals surface area contributed by atoms with E-state index in [0.29, 0.717) is 0 Å². The van der Waals surface area contributed by atoms with Crippen molar-refractivity contribution in [3.63, 3.8) is 0 Å². The van der Waals surface area contributed by atoms with Crippen LogP contribution in [0.25, 0.3) is 0 Å². The molecule has 1 saturated heterocycles. The van der Waals surface area contributed by atoms with Gasteiger partial charge in [0.05, 0.1) is 26.2 Å². The third-order valence-corrected chi connectivity index (χ3v) is 4.88. The molecule has 1 aromatic carbocycles. The molecule has 132 valence electrons. The quantitative estimate of drug-likeness (QED) is 0.844. The van der Waals surface area contributed by atoms with E-state index in [1.807, 2.05) is 25.1 Å². The monoisotopic (exact) mass is 340 g/mol. The van der Waals surface area contributed by atoms with Gasteiger partial charge >= 0.3 is 0 Å². The number of rotatable bonds is 5. The van der Waals surface area contributed by atoms with Gasteiger partial charge in [-0.2, -0.15) is 0 Å². The van der Waals surface area contributed by atoms with Crippen molar-refractivity contribution in [2.75, 3.05) is 36.4 Å². The zero-order chi connectivity index (χ0) is 17.6. The number of piperazine rings is 1. The molecule has 3 rings (SSSR count). The summed E-state index contributed by atoms with van der Waals surface area (Å²) in [5.41, 5.74) is 2.14. The second-order valence-corrected chi connectivity index (χ2v) is 6.46. The lowest BCUT2D eigenvalue weighted by molar-refractivity contribution is -0.914. The van der Waals surface area contributed by atoms with Gasteiger partial charge in [-0.25, -0.2) is 9.97 Å². The van der Waals surface area contributed by atoms with Crippen LogP contribution in [0, 0.1) is 0 Å². The minimum Gasteiger partial charge on any atom is -0.330 e. The molecule has 0 spiro atoms. The number of nitrogens with zero attached hydrogens (tertiary/aromatic N) is 3. The molecule has 1 aliphatic heterocycles. The lowest BCUT2D eigenvalue weighted by atomic mass is 10.1. The summed E-state index contributed by atoms with van der Waals surface area (Å²) in [5.74, 6) is 0.846. The number of nitrogens with one attached hydrogen (secondary N) is 2. The van der Waals surface area contributed by atoms with Crippen LogP contribution in [-0.2, 0) is 11.2 Å². The van der Waals surface area contributed by atoms with Crippen LogP contribution in [0.3, 0.4) is 0 Å². The van der Waals surface area contributed by atoms with E-state index in [1.165, 1.54) is 10.5 Å². The van der Waals surface area contributed by atoms with Gasteiger partial charge < -0.3 is 15.1 Å². The maximum absolute atomic E-state index is 12.5. The molecular formula is C19H26N5O+. The van der Waals surface area contributed by atoms with Gasteiger partial charge in [-0.05, 0) is 37.1 Å². The Morgan fingerprint density at radius 2 is 1.84 bits per heavy atom. The fraction of sp³-hybridized carbons (Fsp3) is 0.421. The second-order valence-electron chi connectivity index (χ2n) is 6.46. The van der Waals surface area contributed by atoms with E-state index < -0.39 is 0 Å². The summed E-state index contributed by atoms with van der Waals surface area (Å²) in [5, 5.41) is 3.04. The first-order valence-electron chi connectivity index (χ1n) is 8.93. The van der Waals surface area contributed by atoms with Crippen molar-refractivity contribution in [1.29, 1.82) is 0 Å². The normalized spacial score (nSPS) is 16.5. The summed E-state index contributed by atoms with van der Waals surface area (Å²) >= 11 is 0. The zero-order valence-electron chi connectivity index (χ0n) is 14.9. The highest BCUT2D eigenvalue weighted by atomic mass is 16.2. The number of hydrogen-bond donors (Lipinski definition) is 2. The van der Waals surface area contributed by atoms with Gasteiger partial charge in [0.25, 0.3) is 5.91 Å². The highest BCUT2D eigenvalue weighted by molar-refractivity contribution is 5.93. The molecule has 0 unspecified atom stereocenters. The highest BCUT2D eigenvalue weighted by Gasteiger charge is 2.29. The fourth-order valence-corrected chi connectivity index (χ4v) is 3.14. The largest absolute Gasteiger partial charge is 0.330 e. The number of carbonyl (C=O) groups excluding carboxylic acids is 1. The molecule has 1 aromatic heterocycles. The minimum atomic E-state index is -0.0790. The molecule has 1 aliphatic rings. The lowest BCUT2D eigenvalue weighted by Gasteiger charge is -2.34. The van der Waals surface area contributed by atoms with Crippen LogP contribution in [0.1, 0.15) is 19.4 Å². The lowest BCUT2D eigenvalue weighted by Crippen LogP contribution is -3.19. The number of benzene rings is 1. The topological polar surface area (TPSA) is 62.6 Å². The number of aromatic nitrogens is 2. The second kappa shape index (κ2) is 8.07. The molecular weight excluding hydrogens is 314 g/mol. The molecule has 2 N–H and O–H groups in total. The first-order valence-corrected chi connectivity index (χ1v) is 8.93. The molecule has 1 amide bonds. The molecule has 0 saturated carbocycles. The van der Waals surface area contributed by atoms with Gasteiger partial charge in [0.1, 0.15) is 0 Å². The van der Waals surface area contributed by atoms with Crippen molar-refractivity contribution in [2.24, 2.45) is 0 Å². The van der Waals surface area contributed by atoms with Crippen LogP contribution in [0.15, 0.2) is 42.7 Å². The van der Waals surface area contributed by atoms with Gasteiger partial charge in [-0.3, -0.25) is 4.79 Å². The molecule has 25 heavy (non-hydrogen) atoms. The average molecular weight is 340 g/mol. The molecule has 6 heteroatoms. The number of carbonyl (C=O) groups is 1. The Labute approximate surface area is 148 Å². The van der Waals surface area contributed by atoms with E-state index in [1.54, 1.807) is 12.4 Å². The summed E-state index contributed by atoms with van der Waals surface area (Å²) in [4.78, 5) is 24.6. The molecule has 2 heterocycles. The number of anilines is 2. The van der Waals surface area contributed by atoms with E-state index in [2.05, 4.69) is 39.2 Å². The molecule has 0 aliphatic carbocycles. The average Bonchev–Trinajstić information content (AvgIpc) is 2.69. The van der Waals surface area contributed by atoms with Crippen molar-refractivity contribution in [2.45, 2.75) is 26.3 Å². The highest BCUT2D eigenvalue weighted by Crippen LogP contribution is 2.10. The minimum absolute atomic E-state index is 0.0728. The molecule has 0 radical (unpaired) electrons. The molecule has 1 atom stereocenters. The SMILES string of the molecule is CCc1ccc(NC(=O)[C@H](C)[NH+]2CCN(c3ncccn3)CC2)cc1. The van der Waals surface area contributed by atoms with E-state index in [4.69, 9.17) is 0 Å². The Kier molecular flexibility index (Phi) is 5.60. The van der Waals surface area contributed by atoms with Crippen molar-refractivity contribution in [3.05, 3.63) is 48.3 Å². The van der Waals surface area contributed by atoms with Gasteiger partial charge in [-0.15, -0.1) is 0 Å². The number of hydrogen-bond acceptors (Lipinski definition) is 4. The van der Waals surface area contributed by atoms with Gasteiger partial charge in [0.15, 0.2) is 6.04 Å². The number of quaternary nitrogens is 1. The maximum atomic E-state index is 12.5. The Bertz CT molecular complexity index is 681. The Hall–Kier alpha value is -2.47. The van der Waals surface area contributed by atoms with Gasteiger partial charge in [0.2, 0.25) is 5.95 Å².